The Labute approximate surface area is 118 Å². The Kier molecular flexibility index (Phi) is 2.62. The molecule has 0 aromatic heterocycles. The van der Waals surface area contributed by atoms with Crippen LogP contribution in [0.1, 0.15) is 38.5 Å². The van der Waals surface area contributed by atoms with Crippen LogP contribution in [0.3, 0.4) is 0 Å². The van der Waals surface area contributed by atoms with Crippen LogP contribution >= 0.6 is 0 Å². The van der Waals surface area contributed by atoms with Crippen LogP contribution in [0, 0.1) is 23.7 Å². The molecule has 2 saturated carbocycles. The van der Waals surface area contributed by atoms with Crippen molar-refractivity contribution in [2.45, 2.75) is 44.1 Å². The molecule has 2 bridgehead atoms. The number of carbonyl (C=O) groups is 2. The fourth-order valence-corrected chi connectivity index (χ4v) is 4.78. The summed E-state index contributed by atoms with van der Waals surface area (Å²) in [5, 5.41) is 10.6. The Morgan fingerprint density at radius 3 is 2.15 bits per heavy atom. The number of hydrogen-bond acceptors (Lipinski definition) is 3. The second-order valence-electron chi connectivity index (χ2n) is 7.05. The maximum Gasteiger partial charge on any atom is 0.233 e. The van der Waals surface area contributed by atoms with E-state index in [2.05, 4.69) is 12.2 Å². The molecule has 4 heteroatoms. The van der Waals surface area contributed by atoms with Gasteiger partial charge < -0.3 is 5.11 Å². The van der Waals surface area contributed by atoms with Crippen molar-refractivity contribution in [2.75, 3.05) is 6.54 Å². The second kappa shape index (κ2) is 4.17. The van der Waals surface area contributed by atoms with Crippen molar-refractivity contribution in [2.24, 2.45) is 23.7 Å². The predicted molar refractivity (Wildman–Crippen MR) is 72.5 cm³/mol. The van der Waals surface area contributed by atoms with Gasteiger partial charge in [-0.1, -0.05) is 31.4 Å². The lowest BCUT2D eigenvalue weighted by Gasteiger charge is -2.35. The number of hydrogen-bond donors (Lipinski definition) is 1. The van der Waals surface area contributed by atoms with Gasteiger partial charge in [0.1, 0.15) is 0 Å². The zero-order chi connectivity index (χ0) is 13.9. The number of nitrogens with zero attached hydrogens (tertiary/aromatic N) is 1. The van der Waals surface area contributed by atoms with Gasteiger partial charge in [0.25, 0.3) is 0 Å². The fraction of sp³-hybridized carbons (Fsp3) is 0.750. The first kappa shape index (κ1) is 12.6. The molecule has 1 aliphatic heterocycles. The summed E-state index contributed by atoms with van der Waals surface area (Å²) in [4.78, 5) is 26.5. The third-order valence-electron chi connectivity index (χ3n) is 5.80. The summed E-state index contributed by atoms with van der Waals surface area (Å²) < 4.78 is 0. The van der Waals surface area contributed by atoms with Crippen LogP contribution in [-0.2, 0) is 9.59 Å². The van der Waals surface area contributed by atoms with Crippen LogP contribution in [0.4, 0.5) is 0 Å². The summed E-state index contributed by atoms with van der Waals surface area (Å²) in [6, 6.07) is 0. The van der Waals surface area contributed by atoms with Crippen molar-refractivity contribution in [3.63, 3.8) is 0 Å². The van der Waals surface area contributed by atoms with Crippen molar-refractivity contribution in [1.82, 2.24) is 4.90 Å². The number of rotatable bonds is 2. The number of allylic oxidation sites excluding steroid dienone is 2. The molecule has 0 spiro atoms. The van der Waals surface area contributed by atoms with Crippen LogP contribution in [0.2, 0.25) is 0 Å². The predicted octanol–water partition coefficient (Wildman–Crippen LogP) is 1.49. The number of β-amino-alcohol motifs (C(OH)–C–C–N with tert-alkyl or cyclic N) is 1. The maximum absolute atomic E-state index is 12.6. The highest BCUT2D eigenvalue weighted by Gasteiger charge is 2.59. The van der Waals surface area contributed by atoms with Gasteiger partial charge >= 0.3 is 0 Å². The van der Waals surface area contributed by atoms with Gasteiger partial charge in [-0.2, -0.15) is 0 Å². The summed E-state index contributed by atoms with van der Waals surface area (Å²) >= 11 is 0. The molecule has 20 heavy (non-hydrogen) atoms. The lowest BCUT2D eigenvalue weighted by atomic mass is 9.84. The first-order chi connectivity index (χ1) is 9.59. The highest BCUT2D eigenvalue weighted by Crippen LogP contribution is 2.52. The summed E-state index contributed by atoms with van der Waals surface area (Å²) in [6.07, 6.45) is 9.73. The molecule has 1 N–H and O–H groups in total. The number of amides is 2. The largest absolute Gasteiger partial charge is 0.388 e. The standard InChI is InChI=1S/C16H21NO3/c18-14-12-10-4-5-11(8-10)13(12)15(19)17(14)9-16(20)6-2-1-3-7-16/h4-5,10-13,20H,1-3,6-9H2. The quantitative estimate of drug-likeness (QED) is 0.613. The molecule has 4 unspecified atom stereocenters. The van der Waals surface area contributed by atoms with Crippen molar-refractivity contribution in [3.05, 3.63) is 12.2 Å². The van der Waals surface area contributed by atoms with Gasteiger partial charge in [0, 0.05) is 0 Å². The van der Waals surface area contributed by atoms with E-state index in [0.29, 0.717) is 12.8 Å². The zero-order valence-corrected chi connectivity index (χ0v) is 11.6. The molecule has 4 aliphatic rings. The molecule has 1 saturated heterocycles. The smallest absolute Gasteiger partial charge is 0.233 e. The van der Waals surface area contributed by atoms with Gasteiger partial charge in [-0.25, -0.2) is 0 Å². The molecular weight excluding hydrogens is 254 g/mol. The van der Waals surface area contributed by atoms with E-state index in [4.69, 9.17) is 0 Å². The topological polar surface area (TPSA) is 57.6 Å². The SMILES string of the molecule is O=C1C2C3C=CC(C3)C2C(=O)N1CC1(O)CCCCC1. The Hall–Kier alpha value is -1.16. The van der Waals surface area contributed by atoms with E-state index in [1.165, 1.54) is 4.90 Å². The third kappa shape index (κ3) is 1.63. The number of aliphatic hydroxyl groups is 1. The summed E-state index contributed by atoms with van der Waals surface area (Å²) in [5.74, 6) is 0.181. The van der Waals surface area contributed by atoms with Gasteiger partial charge in [0.2, 0.25) is 11.8 Å². The average Bonchev–Trinajstić information content (AvgIpc) is 3.09. The van der Waals surface area contributed by atoms with E-state index in [9.17, 15) is 14.7 Å². The molecule has 0 aromatic carbocycles. The Morgan fingerprint density at radius 1 is 1.05 bits per heavy atom. The molecule has 4 rings (SSSR count). The molecule has 4 nitrogen and oxygen atoms in total. The van der Waals surface area contributed by atoms with E-state index < -0.39 is 5.60 Å². The maximum atomic E-state index is 12.6. The molecule has 0 aromatic rings. The van der Waals surface area contributed by atoms with Crippen LogP contribution in [-0.4, -0.2) is 34.0 Å². The van der Waals surface area contributed by atoms with Gasteiger partial charge in [-0.05, 0) is 31.1 Å². The minimum absolute atomic E-state index is 0.0316. The molecule has 108 valence electrons. The van der Waals surface area contributed by atoms with Crippen LogP contribution in [0.15, 0.2) is 12.2 Å². The lowest BCUT2D eigenvalue weighted by molar-refractivity contribution is -0.146. The van der Waals surface area contributed by atoms with Crippen molar-refractivity contribution < 1.29 is 14.7 Å². The van der Waals surface area contributed by atoms with E-state index in [1.807, 2.05) is 0 Å². The first-order valence-corrected chi connectivity index (χ1v) is 7.85. The second-order valence-corrected chi connectivity index (χ2v) is 7.05. The van der Waals surface area contributed by atoms with Gasteiger partial charge in [-0.3, -0.25) is 14.5 Å². The highest BCUT2D eigenvalue weighted by atomic mass is 16.3. The first-order valence-electron chi connectivity index (χ1n) is 7.85. The third-order valence-corrected chi connectivity index (χ3v) is 5.80. The lowest BCUT2D eigenvalue weighted by Crippen LogP contribution is -2.47. The summed E-state index contributed by atoms with van der Waals surface area (Å²) in [5.41, 5.74) is -0.839. The number of likely N-dealkylation sites (tertiary alicyclic amines) is 1. The van der Waals surface area contributed by atoms with Crippen molar-refractivity contribution >= 4 is 11.8 Å². The van der Waals surface area contributed by atoms with Crippen LogP contribution < -0.4 is 0 Å². The van der Waals surface area contributed by atoms with Crippen LogP contribution in [0.5, 0.6) is 0 Å². The molecule has 3 fully saturated rings. The monoisotopic (exact) mass is 275 g/mol. The number of imide groups is 1. The van der Waals surface area contributed by atoms with Crippen LogP contribution in [0.25, 0.3) is 0 Å². The van der Waals surface area contributed by atoms with E-state index in [-0.39, 0.29) is 42.0 Å². The number of fused-ring (bicyclic) bond motifs is 5. The fourth-order valence-electron chi connectivity index (χ4n) is 4.78. The molecular formula is C16H21NO3. The molecule has 3 aliphatic carbocycles. The summed E-state index contributed by atoms with van der Waals surface area (Å²) in [7, 11) is 0. The number of carbonyl (C=O) groups excluding carboxylic acids is 2. The molecule has 2 amide bonds. The van der Waals surface area contributed by atoms with E-state index in [0.717, 1.165) is 25.7 Å². The van der Waals surface area contributed by atoms with E-state index >= 15 is 0 Å². The normalized spacial score (nSPS) is 41.5. The Bertz CT molecular complexity index is 462. The van der Waals surface area contributed by atoms with Gasteiger partial charge in [-0.15, -0.1) is 0 Å². The van der Waals surface area contributed by atoms with Crippen molar-refractivity contribution in [3.8, 4) is 0 Å². The van der Waals surface area contributed by atoms with Crippen molar-refractivity contribution in [1.29, 1.82) is 0 Å². The minimum Gasteiger partial charge on any atom is -0.388 e. The van der Waals surface area contributed by atoms with E-state index in [1.54, 1.807) is 0 Å². The average molecular weight is 275 g/mol. The minimum atomic E-state index is -0.839. The zero-order valence-electron chi connectivity index (χ0n) is 11.6. The van der Waals surface area contributed by atoms with Gasteiger partial charge in [0.05, 0.1) is 24.0 Å². The highest BCUT2D eigenvalue weighted by molar-refractivity contribution is 6.06. The van der Waals surface area contributed by atoms with Gasteiger partial charge in [0.15, 0.2) is 0 Å². The summed E-state index contributed by atoms with van der Waals surface area (Å²) in [6.45, 7) is 0.219. The Balaban J connectivity index is 1.55. The molecule has 4 atom stereocenters. The molecule has 0 radical (unpaired) electrons. The molecule has 1 heterocycles. The Morgan fingerprint density at radius 2 is 1.60 bits per heavy atom.